The van der Waals surface area contributed by atoms with Gasteiger partial charge >= 0.3 is 0 Å². The Bertz CT molecular complexity index is 1940. The molecule has 0 aliphatic heterocycles. The highest BCUT2D eigenvalue weighted by atomic mass is 19.1. The van der Waals surface area contributed by atoms with E-state index >= 15 is 0 Å². The van der Waals surface area contributed by atoms with E-state index in [0.717, 1.165) is 67.7 Å². The highest BCUT2D eigenvalue weighted by Crippen LogP contribution is 2.35. The Labute approximate surface area is 230 Å². The number of nitrogens with one attached hydrogen (secondary N) is 3. The molecule has 0 atom stereocenters. The Kier molecular flexibility index (Phi) is 6.11. The third-order valence-corrected chi connectivity index (χ3v) is 7.11. The number of aromatic amines is 2. The first kappa shape index (κ1) is 23.9. The highest BCUT2D eigenvalue weighted by Gasteiger charge is 2.15. The lowest BCUT2D eigenvalue weighted by Gasteiger charge is -2.07. The van der Waals surface area contributed by atoms with E-state index in [1.54, 1.807) is 12.1 Å². The minimum Gasteiger partial charge on any atom is -0.353 e. The summed E-state index contributed by atoms with van der Waals surface area (Å²) in [5, 5.41) is 13.2. The van der Waals surface area contributed by atoms with Gasteiger partial charge in [-0.15, -0.1) is 0 Å². The van der Waals surface area contributed by atoms with Gasteiger partial charge in [0.25, 0.3) is 0 Å². The van der Waals surface area contributed by atoms with Crippen LogP contribution in [0, 0.1) is 5.82 Å². The van der Waals surface area contributed by atoms with Crippen molar-refractivity contribution in [3.8, 4) is 33.8 Å². The molecule has 3 N–H and O–H groups in total. The largest absolute Gasteiger partial charge is 0.353 e. The number of fused-ring (bicyclic) bond motifs is 2. The molecule has 6 nitrogen and oxygen atoms in total. The Morgan fingerprint density at radius 3 is 2.42 bits per heavy atom. The van der Waals surface area contributed by atoms with Gasteiger partial charge < -0.3 is 10.3 Å². The number of benzene rings is 3. The van der Waals surface area contributed by atoms with Gasteiger partial charge in [0.1, 0.15) is 11.5 Å². The van der Waals surface area contributed by atoms with Crippen molar-refractivity contribution in [1.82, 2.24) is 30.5 Å². The first-order chi connectivity index (χ1) is 19.7. The van der Waals surface area contributed by atoms with Crippen LogP contribution in [0.15, 0.2) is 110 Å². The van der Waals surface area contributed by atoms with Crippen LogP contribution in [0.2, 0.25) is 0 Å². The van der Waals surface area contributed by atoms with Crippen molar-refractivity contribution in [2.75, 3.05) is 0 Å². The molecular formula is C33H25FN6. The van der Waals surface area contributed by atoms with Gasteiger partial charge in [0.2, 0.25) is 0 Å². The predicted octanol–water partition coefficient (Wildman–Crippen LogP) is 7.26. The molecule has 7 rings (SSSR count). The first-order valence-corrected chi connectivity index (χ1v) is 13.1. The molecule has 4 heterocycles. The van der Waals surface area contributed by atoms with Crippen molar-refractivity contribution in [3.63, 3.8) is 0 Å². The summed E-state index contributed by atoms with van der Waals surface area (Å²) in [6.45, 7) is 1.50. The second kappa shape index (κ2) is 10.2. The van der Waals surface area contributed by atoms with Gasteiger partial charge in [0.15, 0.2) is 0 Å². The van der Waals surface area contributed by atoms with Crippen molar-refractivity contribution in [2.45, 2.75) is 13.1 Å². The van der Waals surface area contributed by atoms with Crippen LogP contribution in [0.4, 0.5) is 4.39 Å². The Morgan fingerprint density at radius 1 is 0.700 bits per heavy atom. The predicted molar refractivity (Wildman–Crippen MR) is 157 cm³/mol. The molecule has 0 unspecified atom stereocenters. The maximum Gasteiger partial charge on any atom is 0.123 e. The second-order valence-electron chi connectivity index (χ2n) is 9.82. The van der Waals surface area contributed by atoms with Gasteiger partial charge in [-0.25, -0.2) is 4.39 Å². The first-order valence-electron chi connectivity index (χ1n) is 13.1. The number of H-pyrrole nitrogens is 2. The Balaban J connectivity index is 1.20. The highest BCUT2D eigenvalue weighted by molar-refractivity contribution is 6.01. The van der Waals surface area contributed by atoms with Crippen molar-refractivity contribution >= 4 is 21.8 Å². The van der Waals surface area contributed by atoms with Gasteiger partial charge in [-0.1, -0.05) is 54.6 Å². The molecule has 0 bridgehead atoms. The average Bonchev–Trinajstić information content (AvgIpc) is 3.62. The number of rotatable bonds is 7. The summed E-state index contributed by atoms with van der Waals surface area (Å²) in [5.41, 5.74) is 9.65. The molecular weight excluding hydrogens is 499 g/mol. The van der Waals surface area contributed by atoms with Crippen LogP contribution in [0.3, 0.4) is 0 Å². The van der Waals surface area contributed by atoms with Gasteiger partial charge in [-0.3, -0.25) is 15.1 Å². The van der Waals surface area contributed by atoms with Gasteiger partial charge in [-0.2, -0.15) is 5.10 Å². The molecule has 0 radical (unpaired) electrons. The van der Waals surface area contributed by atoms with Crippen LogP contribution in [0.25, 0.3) is 55.6 Å². The van der Waals surface area contributed by atoms with Crippen molar-refractivity contribution < 1.29 is 4.39 Å². The lowest BCUT2D eigenvalue weighted by molar-refractivity contribution is 0.628. The quantitative estimate of drug-likeness (QED) is 0.205. The normalized spacial score (nSPS) is 11.4. The van der Waals surface area contributed by atoms with E-state index in [1.807, 2.05) is 55.0 Å². The molecule has 0 aliphatic rings. The number of pyridine rings is 2. The van der Waals surface area contributed by atoms with E-state index < -0.39 is 0 Å². The molecule has 194 valence electrons. The number of hydrogen-bond acceptors (Lipinski definition) is 4. The topological polar surface area (TPSA) is 82.3 Å². The molecule has 7 heteroatoms. The molecule has 7 aromatic rings. The van der Waals surface area contributed by atoms with Crippen molar-refractivity contribution in [2.24, 2.45) is 0 Å². The Hall–Kier alpha value is -5.14. The van der Waals surface area contributed by atoms with E-state index in [1.165, 1.54) is 17.7 Å². The monoisotopic (exact) mass is 524 g/mol. The van der Waals surface area contributed by atoms with Gasteiger partial charge in [-0.05, 0) is 58.7 Å². The van der Waals surface area contributed by atoms with Gasteiger partial charge in [0.05, 0.1) is 23.1 Å². The molecule has 40 heavy (non-hydrogen) atoms. The summed E-state index contributed by atoms with van der Waals surface area (Å²) in [6, 6.07) is 29.3. The minimum atomic E-state index is -0.248. The molecule has 0 fully saturated rings. The van der Waals surface area contributed by atoms with Gasteiger partial charge in [0, 0.05) is 47.3 Å². The Morgan fingerprint density at radius 2 is 1.55 bits per heavy atom. The van der Waals surface area contributed by atoms with E-state index in [0.29, 0.717) is 6.54 Å². The summed E-state index contributed by atoms with van der Waals surface area (Å²) in [7, 11) is 0. The summed E-state index contributed by atoms with van der Waals surface area (Å²) in [5.74, 6) is -0.248. The SMILES string of the molecule is Fc1ccc(-c2cccc3[nH]c(-c4n[nH]c5cnc(-c6cncc(CNCc7ccccc7)c6)cc45)cc23)cc1. The number of aromatic nitrogens is 5. The van der Waals surface area contributed by atoms with Crippen LogP contribution >= 0.6 is 0 Å². The molecule has 4 aromatic heterocycles. The fraction of sp³-hybridized carbons (Fsp3) is 0.0606. The van der Waals surface area contributed by atoms with E-state index in [2.05, 4.69) is 60.8 Å². The summed E-state index contributed by atoms with van der Waals surface area (Å²) < 4.78 is 13.5. The van der Waals surface area contributed by atoms with Crippen LogP contribution in [-0.2, 0) is 13.1 Å². The van der Waals surface area contributed by atoms with E-state index in [4.69, 9.17) is 0 Å². The lowest BCUT2D eigenvalue weighted by Crippen LogP contribution is -2.12. The maximum absolute atomic E-state index is 13.5. The van der Waals surface area contributed by atoms with E-state index in [-0.39, 0.29) is 5.82 Å². The van der Waals surface area contributed by atoms with Crippen LogP contribution < -0.4 is 5.32 Å². The lowest BCUT2D eigenvalue weighted by atomic mass is 10.0. The third-order valence-electron chi connectivity index (χ3n) is 7.11. The molecule has 3 aromatic carbocycles. The van der Waals surface area contributed by atoms with E-state index in [9.17, 15) is 4.39 Å². The molecule has 0 saturated carbocycles. The molecule has 0 saturated heterocycles. The van der Waals surface area contributed by atoms with Crippen molar-refractivity contribution in [3.05, 3.63) is 127 Å². The molecule has 0 aliphatic carbocycles. The fourth-order valence-electron chi connectivity index (χ4n) is 5.12. The zero-order valence-corrected chi connectivity index (χ0v) is 21.5. The molecule has 0 amide bonds. The van der Waals surface area contributed by atoms with Crippen LogP contribution in [0.1, 0.15) is 11.1 Å². The number of nitrogens with zero attached hydrogens (tertiary/aromatic N) is 3. The van der Waals surface area contributed by atoms with Crippen molar-refractivity contribution in [1.29, 1.82) is 0 Å². The minimum absolute atomic E-state index is 0.248. The number of halogens is 1. The van der Waals surface area contributed by atoms with Crippen LogP contribution in [0.5, 0.6) is 0 Å². The van der Waals surface area contributed by atoms with Crippen LogP contribution in [-0.4, -0.2) is 25.1 Å². The molecule has 0 spiro atoms. The average molecular weight is 525 g/mol. The smallest absolute Gasteiger partial charge is 0.123 e. The summed E-state index contributed by atoms with van der Waals surface area (Å²) in [4.78, 5) is 12.7. The zero-order chi connectivity index (χ0) is 26.9. The standard InChI is InChI=1S/C33H25FN6/c34-25-11-9-23(10-12-25)26-7-4-8-29-27(26)14-31(38-29)33-28-15-30(37-20-32(28)39-40-33)24-13-22(18-36-19-24)17-35-16-21-5-2-1-3-6-21/h1-15,18-20,35,38H,16-17H2,(H,39,40). The number of hydrogen-bond donors (Lipinski definition) is 3. The summed E-state index contributed by atoms with van der Waals surface area (Å²) in [6.07, 6.45) is 5.53. The second-order valence-corrected chi connectivity index (χ2v) is 9.82. The summed E-state index contributed by atoms with van der Waals surface area (Å²) >= 11 is 0. The maximum atomic E-state index is 13.5. The third kappa shape index (κ3) is 4.63. The fourth-order valence-corrected chi connectivity index (χ4v) is 5.12. The zero-order valence-electron chi connectivity index (χ0n) is 21.5.